The molecule has 1 aromatic rings. The summed E-state index contributed by atoms with van der Waals surface area (Å²) in [5.74, 6) is -0.288. The van der Waals surface area contributed by atoms with Crippen molar-refractivity contribution in [3.05, 3.63) is 25.3 Å². The zero-order chi connectivity index (χ0) is 11.4. The standard InChI is InChI=1S/C10H10I2O3/c1-2-8(10(13)14)15-9-5-6(11)3-4-7(9)12/h3-5,8H,2H2,1H3,(H,13,14). The molecule has 0 bridgehead atoms. The van der Waals surface area contributed by atoms with Crippen LogP contribution in [0.3, 0.4) is 0 Å². The molecule has 0 aliphatic carbocycles. The highest BCUT2D eigenvalue weighted by molar-refractivity contribution is 14.1. The Morgan fingerprint density at radius 2 is 2.20 bits per heavy atom. The molecule has 1 N–H and O–H groups in total. The van der Waals surface area contributed by atoms with Crippen molar-refractivity contribution in [3.8, 4) is 5.75 Å². The summed E-state index contributed by atoms with van der Waals surface area (Å²) in [7, 11) is 0. The number of aliphatic carboxylic acids is 1. The molecule has 1 atom stereocenters. The number of rotatable bonds is 4. The minimum atomic E-state index is -0.924. The number of carbonyl (C=O) groups is 1. The second-order valence-corrected chi connectivity index (χ2v) is 5.34. The highest BCUT2D eigenvalue weighted by Crippen LogP contribution is 2.24. The van der Waals surface area contributed by atoms with Crippen molar-refractivity contribution in [2.45, 2.75) is 19.4 Å². The number of carboxylic acids is 1. The van der Waals surface area contributed by atoms with E-state index in [1.165, 1.54) is 0 Å². The van der Waals surface area contributed by atoms with Gasteiger partial charge in [-0.3, -0.25) is 0 Å². The molecule has 82 valence electrons. The molecule has 0 fully saturated rings. The first kappa shape index (κ1) is 13.0. The summed E-state index contributed by atoms with van der Waals surface area (Å²) in [4.78, 5) is 10.8. The number of hydrogen-bond donors (Lipinski definition) is 1. The fraction of sp³-hybridized carbons (Fsp3) is 0.300. The lowest BCUT2D eigenvalue weighted by Crippen LogP contribution is -2.26. The predicted octanol–water partition coefficient (Wildman–Crippen LogP) is 3.14. The Kier molecular flexibility index (Phi) is 5.10. The van der Waals surface area contributed by atoms with Gasteiger partial charge < -0.3 is 9.84 Å². The van der Waals surface area contributed by atoms with Gasteiger partial charge in [-0.25, -0.2) is 4.79 Å². The van der Waals surface area contributed by atoms with Crippen LogP contribution in [0.15, 0.2) is 18.2 Å². The lowest BCUT2D eigenvalue weighted by Gasteiger charge is -2.14. The van der Waals surface area contributed by atoms with Crippen LogP contribution >= 0.6 is 45.2 Å². The van der Waals surface area contributed by atoms with Gasteiger partial charge in [0.05, 0.1) is 3.57 Å². The van der Waals surface area contributed by atoms with Crippen molar-refractivity contribution in [2.75, 3.05) is 0 Å². The Hall–Kier alpha value is -0.0500. The molecule has 1 rings (SSSR count). The molecule has 0 amide bonds. The van der Waals surface area contributed by atoms with Crippen LogP contribution in [0.2, 0.25) is 0 Å². The second kappa shape index (κ2) is 5.88. The molecule has 1 aromatic carbocycles. The first-order valence-electron chi connectivity index (χ1n) is 4.39. The van der Waals surface area contributed by atoms with Gasteiger partial charge in [-0.2, -0.15) is 0 Å². The van der Waals surface area contributed by atoms with Crippen LogP contribution in [0, 0.1) is 7.14 Å². The maximum Gasteiger partial charge on any atom is 0.344 e. The third-order valence-electron chi connectivity index (χ3n) is 1.81. The van der Waals surface area contributed by atoms with Gasteiger partial charge in [-0.05, 0) is 69.8 Å². The molecule has 0 aliphatic heterocycles. The van der Waals surface area contributed by atoms with E-state index in [0.717, 1.165) is 7.14 Å². The highest BCUT2D eigenvalue weighted by Gasteiger charge is 2.17. The van der Waals surface area contributed by atoms with Crippen LogP contribution in [0.25, 0.3) is 0 Å². The van der Waals surface area contributed by atoms with Gasteiger partial charge >= 0.3 is 5.97 Å². The van der Waals surface area contributed by atoms with E-state index in [0.29, 0.717) is 12.2 Å². The van der Waals surface area contributed by atoms with Gasteiger partial charge in [-0.1, -0.05) is 6.92 Å². The molecule has 0 heterocycles. The Labute approximate surface area is 115 Å². The van der Waals surface area contributed by atoms with Crippen molar-refractivity contribution in [1.29, 1.82) is 0 Å². The zero-order valence-electron chi connectivity index (χ0n) is 8.04. The van der Waals surface area contributed by atoms with Crippen molar-refractivity contribution >= 4 is 51.2 Å². The molecular weight excluding hydrogens is 422 g/mol. The minimum Gasteiger partial charge on any atom is -0.479 e. The monoisotopic (exact) mass is 432 g/mol. The van der Waals surface area contributed by atoms with Crippen LogP contribution in [-0.4, -0.2) is 17.2 Å². The molecule has 3 nitrogen and oxygen atoms in total. The number of carboxylic acid groups (broad SMARTS) is 1. The summed E-state index contributed by atoms with van der Waals surface area (Å²) in [5, 5.41) is 8.87. The smallest absolute Gasteiger partial charge is 0.344 e. The van der Waals surface area contributed by atoms with E-state index in [4.69, 9.17) is 9.84 Å². The summed E-state index contributed by atoms with van der Waals surface area (Å²) < 4.78 is 7.38. The van der Waals surface area contributed by atoms with Gasteiger partial charge in [0, 0.05) is 3.57 Å². The molecule has 0 saturated heterocycles. The highest BCUT2D eigenvalue weighted by atomic mass is 127. The van der Waals surface area contributed by atoms with E-state index in [9.17, 15) is 4.79 Å². The Morgan fingerprint density at radius 1 is 1.53 bits per heavy atom. The van der Waals surface area contributed by atoms with E-state index in [2.05, 4.69) is 45.2 Å². The molecule has 0 aliphatic rings. The van der Waals surface area contributed by atoms with E-state index < -0.39 is 12.1 Å². The molecule has 0 radical (unpaired) electrons. The molecule has 1 unspecified atom stereocenters. The van der Waals surface area contributed by atoms with Gasteiger partial charge in [0.2, 0.25) is 0 Å². The van der Waals surface area contributed by atoms with Crippen molar-refractivity contribution in [2.24, 2.45) is 0 Å². The molecular formula is C10H10I2O3. The van der Waals surface area contributed by atoms with Crippen LogP contribution in [0.5, 0.6) is 5.75 Å². The van der Waals surface area contributed by atoms with E-state index in [1.807, 2.05) is 18.2 Å². The molecule has 0 aromatic heterocycles. The largest absolute Gasteiger partial charge is 0.479 e. The Bertz CT molecular complexity index is 366. The molecule has 5 heteroatoms. The maximum absolute atomic E-state index is 10.8. The summed E-state index contributed by atoms with van der Waals surface area (Å²) in [6, 6.07) is 5.71. The quantitative estimate of drug-likeness (QED) is 0.745. The van der Waals surface area contributed by atoms with Gasteiger partial charge in [0.15, 0.2) is 6.10 Å². The maximum atomic E-state index is 10.8. The first-order valence-corrected chi connectivity index (χ1v) is 6.55. The third kappa shape index (κ3) is 3.78. The average molecular weight is 432 g/mol. The molecule has 15 heavy (non-hydrogen) atoms. The van der Waals surface area contributed by atoms with E-state index in [-0.39, 0.29) is 0 Å². The van der Waals surface area contributed by atoms with Crippen LogP contribution in [-0.2, 0) is 4.79 Å². The number of halogens is 2. The van der Waals surface area contributed by atoms with Gasteiger partial charge in [0.1, 0.15) is 5.75 Å². The summed E-state index contributed by atoms with van der Waals surface area (Å²) in [6.07, 6.45) is -0.312. The normalized spacial score (nSPS) is 12.2. The number of hydrogen-bond acceptors (Lipinski definition) is 2. The van der Waals surface area contributed by atoms with Crippen LogP contribution in [0.1, 0.15) is 13.3 Å². The second-order valence-electron chi connectivity index (χ2n) is 2.93. The van der Waals surface area contributed by atoms with Crippen molar-refractivity contribution in [3.63, 3.8) is 0 Å². The lowest BCUT2D eigenvalue weighted by molar-refractivity contribution is -0.145. The van der Waals surface area contributed by atoms with Crippen LogP contribution in [0.4, 0.5) is 0 Å². The average Bonchev–Trinajstić information content (AvgIpc) is 2.18. The first-order chi connectivity index (χ1) is 7.04. The third-order valence-corrected chi connectivity index (χ3v) is 3.37. The number of benzene rings is 1. The zero-order valence-corrected chi connectivity index (χ0v) is 12.4. The van der Waals surface area contributed by atoms with E-state index >= 15 is 0 Å². The van der Waals surface area contributed by atoms with Gasteiger partial charge in [-0.15, -0.1) is 0 Å². The predicted molar refractivity (Wildman–Crippen MR) is 74.2 cm³/mol. The number of ether oxygens (including phenoxy) is 1. The summed E-state index contributed by atoms with van der Waals surface area (Å²) >= 11 is 4.30. The van der Waals surface area contributed by atoms with Crippen molar-refractivity contribution < 1.29 is 14.6 Å². The fourth-order valence-corrected chi connectivity index (χ4v) is 1.95. The molecule has 0 spiro atoms. The fourth-order valence-electron chi connectivity index (χ4n) is 1.03. The Balaban J connectivity index is 2.87. The molecule has 0 saturated carbocycles. The van der Waals surface area contributed by atoms with Crippen molar-refractivity contribution in [1.82, 2.24) is 0 Å². The topological polar surface area (TPSA) is 46.5 Å². The summed E-state index contributed by atoms with van der Waals surface area (Å²) in [6.45, 7) is 1.79. The SMILES string of the molecule is CCC(Oc1cc(I)ccc1I)C(=O)O. The van der Waals surface area contributed by atoms with E-state index in [1.54, 1.807) is 6.92 Å². The summed E-state index contributed by atoms with van der Waals surface area (Å²) in [5.41, 5.74) is 0. The Morgan fingerprint density at radius 3 is 2.73 bits per heavy atom. The lowest BCUT2D eigenvalue weighted by atomic mass is 10.3. The minimum absolute atomic E-state index is 0.455. The van der Waals surface area contributed by atoms with Crippen LogP contribution < -0.4 is 4.74 Å². The van der Waals surface area contributed by atoms with Gasteiger partial charge in [0.25, 0.3) is 0 Å².